The van der Waals surface area contributed by atoms with Crippen LogP contribution in [-0.4, -0.2) is 25.7 Å². The largest absolute Gasteiger partial charge is 0.318 e. The third kappa shape index (κ3) is 2.96. The van der Waals surface area contributed by atoms with E-state index in [2.05, 4.69) is 20.4 Å². The van der Waals surface area contributed by atoms with Crippen LogP contribution in [-0.2, 0) is 6.42 Å². The van der Waals surface area contributed by atoms with Crippen molar-refractivity contribution >= 4 is 11.6 Å². The Labute approximate surface area is 134 Å². The molecule has 2 aromatic heterocycles. The van der Waals surface area contributed by atoms with Crippen molar-refractivity contribution in [3.05, 3.63) is 66.0 Å². The average molecular weight is 307 g/mol. The van der Waals surface area contributed by atoms with E-state index in [-0.39, 0.29) is 11.6 Å². The fourth-order valence-electron chi connectivity index (χ4n) is 2.43. The van der Waals surface area contributed by atoms with Crippen LogP contribution in [0.4, 0.5) is 5.69 Å². The fourth-order valence-corrected chi connectivity index (χ4v) is 2.43. The number of nitrogens with one attached hydrogen (secondary N) is 1. The molecule has 0 unspecified atom stereocenters. The maximum atomic E-state index is 12.2. The minimum absolute atomic E-state index is 0.276. The Kier molecular flexibility index (Phi) is 4.14. The first kappa shape index (κ1) is 14.9. The van der Waals surface area contributed by atoms with Crippen LogP contribution in [0.25, 0.3) is 5.69 Å². The highest BCUT2D eigenvalue weighted by Gasteiger charge is 2.15. The molecule has 3 rings (SSSR count). The minimum atomic E-state index is -0.294. The van der Waals surface area contributed by atoms with Crippen molar-refractivity contribution in [1.29, 1.82) is 0 Å². The first-order valence-electron chi connectivity index (χ1n) is 7.41. The van der Waals surface area contributed by atoms with Crippen molar-refractivity contribution in [3.63, 3.8) is 0 Å². The molecule has 0 saturated heterocycles. The average Bonchev–Trinajstić information content (AvgIpc) is 2.98. The van der Waals surface area contributed by atoms with Crippen LogP contribution in [0.3, 0.4) is 0 Å². The summed E-state index contributed by atoms with van der Waals surface area (Å²) in [6.07, 6.45) is 6.87. The lowest BCUT2D eigenvalue weighted by Gasteiger charge is -2.10. The van der Waals surface area contributed by atoms with Gasteiger partial charge in [0.2, 0.25) is 0 Å². The van der Waals surface area contributed by atoms with E-state index in [1.165, 1.54) is 18.6 Å². The number of aryl methyl sites for hydroxylation is 1. The number of rotatable bonds is 4. The summed E-state index contributed by atoms with van der Waals surface area (Å²) in [6, 6.07) is 8.01. The highest BCUT2D eigenvalue weighted by Crippen LogP contribution is 2.22. The number of hydrogen-bond acceptors (Lipinski definition) is 4. The Bertz CT molecular complexity index is 826. The van der Waals surface area contributed by atoms with E-state index in [1.54, 1.807) is 6.20 Å². The van der Waals surface area contributed by atoms with Gasteiger partial charge in [-0.15, -0.1) is 0 Å². The third-order valence-electron chi connectivity index (χ3n) is 3.59. The predicted molar refractivity (Wildman–Crippen MR) is 87.7 cm³/mol. The molecule has 1 amide bonds. The first-order valence-corrected chi connectivity index (χ1v) is 7.41. The standard InChI is InChI=1S/C17H17N5O/c1-3-15-13(21-17(23)14-10-18-8-9-19-14)11-20-22(15)16-7-5-4-6-12(16)2/h4-11H,3H2,1-2H3,(H,21,23). The minimum Gasteiger partial charge on any atom is -0.318 e. The van der Waals surface area contributed by atoms with E-state index < -0.39 is 0 Å². The van der Waals surface area contributed by atoms with Crippen LogP contribution in [0.2, 0.25) is 0 Å². The summed E-state index contributed by atoms with van der Waals surface area (Å²) in [4.78, 5) is 20.2. The van der Waals surface area contributed by atoms with E-state index in [0.29, 0.717) is 5.69 Å². The molecule has 0 bridgehead atoms. The molecule has 6 nitrogen and oxygen atoms in total. The monoisotopic (exact) mass is 307 g/mol. The zero-order valence-corrected chi connectivity index (χ0v) is 13.0. The molecule has 2 heterocycles. The fraction of sp³-hybridized carbons (Fsp3) is 0.176. The summed E-state index contributed by atoms with van der Waals surface area (Å²) in [5, 5.41) is 7.29. The van der Waals surface area contributed by atoms with Gasteiger partial charge in [0, 0.05) is 12.4 Å². The quantitative estimate of drug-likeness (QED) is 0.804. The number of nitrogens with zero attached hydrogens (tertiary/aromatic N) is 4. The van der Waals surface area contributed by atoms with Crippen LogP contribution in [0.5, 0.6) is 0 Å². The lowest BCUT2D eigenvalue weighted by atomic mass is 10.2. The molecular formula is C17H17N5O. The highest BCUT2D eigenvalue weighted by atomic mass is 16.1. The van der Waals surface area contributed by atoms with Crippen molar-refractivity contribution in [2.24, 2.45) is 0 Å². The second-order valence-electron chi connectivity index (χ2n) is 5.10. The van der Waals surface area contributed by atoms with Gasteiger partial charge in [-0.25, -0.2) is 9.67 Å². The summed E-state index contributed by atoms with van der Waals surface area (Å²) in [6.45, 7) is 4.07. The maximum Gasteiger partial charge on any atom is 0.275 e. The molecule has 0 spiro atoms. The summed E-state index contributed by atoms with van der Waals surface area (Å²) in [5.74, 6) is -0.294. The Hall–Kier alpha value is -3.02. The zero-order chi connectivity index (χ0) is 16.2. The van der Waals surface area contributed by atoms with Crippen molar-refractivity contribution in [2.75, 3.05) is 5.32 Å². The van der Waals surface area contributed by atoms with E-state index in [0.717, 1.165) is 23.4 Å². The molecule has 3 aromatic rings. The van der Waals surface area contributed by atoms with Gasteiger partial charge in [-0.05, 0) is 25.0 Å². The summed E-state index contributed by atoms with van der Waals surface area (Å²) in [5.41, 5.74) is 4.03. The predicted octanol–water partition coefficient (Wildman–Crippen LogP) is 2.79. The lowest BCUT2D eigenvalue weighted by Crippen LogP contribution is -2.15. The molecule has 116 valence electrons. The van der Waals surface area contributed by atoms with Gasteiger partial charge < -0.3 is 5.32 Å². The van der Waals surface area contributed by atoms with Gasteiger partial charge in [-0.2, -0.15) is 5.10 Å². The first-order chi connectivity index (χ1) is 11.2. The molecule has 0 aliphatic rings. The van der Waals surface area contributed by atoms with Gasteiger partial charge in [0.05, 0.1) is 29.5 Å². The number of amides is 1. The Balaban J connectivity index is 1.93. The molecule has 1 N–H and O–H groups in total. The van der Waals surface area contributed by atoms with E-state index >= 15 is 0 Å². The molecule has 23 heavy (non-hydrogen) atoms. The maximum absolute atomic E-state index is 12.2. The topological polar surface area (TPSA) is 72.7 Å². The molecule has 6 heteroatoms. The van der Waals surface area contributed by atoms with Crippen LogP contribution < -0.4 is 5.32 Å². The molecule has 0 aliphatic heterocycles. The van der Waals surface area contributed by atoms with Gasteiger partial charge in [-0.1, -0.05) is 25.1 Å². The molecule has 1 aromatic carbocycles. The van der Waals surface area contributed by atoms with Gasteiger partial charge in [0.15, 0.2) is 0 Å². The van der Waals surface area contributed by atoms with Crippen LogP contribution >= 0.6 is 0 Å². The lowest BCUT2D eigenvalue weighted by molar-refractivity contribution is 0.102. The molecule has 0 saturated carbocycles. The second kappa shape index (κ2) is 6.39. The van der Waals surface area contributed by atoms with Gasteiger partial charge in [0.1, 0.15) is 5.69 Å². The van der Waals surface area contributed by atoms with Crippen molar-refractivity contribution in [1.82, 2.24) is 19.7 Å². The van der Waals surface area contributed by atoms with Crippen molar-refractivity contribution < 1.29 is 4.79 Å². The Morgan fingerprint density at radius 3 is 2.74 bits per heavy atom. The smallest absolute Gasteiger partial charge is 0.275 e. The molecule has 0 aliphatic carbocycles. The van der Waals surface area contributed by atoms with Crippen LogP contribution in [0.15, 0.2) is 49.1 Å². The Morgan fingerprint density at radius 1 is 1.22 bits per heavy atom. The second-order valence-corrected chi connectivity index (χ2v) is 5.10. The molecule has 0 radical (unpaired) electrons. The third-order valence-corrected chi connectivity index (χ3v) is 3.59. The highest BCUT2D eigenvalue weighted by molar-refractivity contribution is 6.02. The molecule has 0 fully saturated rings. The van der Waals surface area contributed by atoms with Gasteiger partial charge in [-0.3, -0.25) is 9.78 Å². The normalized spacial score (nSPS) is 10.5. The van der Waals surface area contributed by atoms with Crippen LogP contribution in [0.1, 0.15) is 28.7 Å². The zero-order valence-electron chi connectivity index (χ0n) is 13.0. The van der Waals surface area contributed by atoms with E-state index in [4.69, 9.17) is 0 Å². The summed E-state index contributed by atoms with van der Waals surface area (Å²) >= 11 is 0. The van der Waals surface area contributed by atoms with Crippen molar-refractivity contribution in [2.45, 2.75) is 20.3 Å². The van der Waals surface area contributed by atoms with Gasteiger partial charge in [0.25, 0.3) is 5.91 Å². The SMILES string of the molecule is CCc1c(NC(=O)c2cnccn2)cnn1-c1ccccc1C. The number of para-hydroxylation sites is 1. The number of aromatic nitrogens is 4. The van der Waals surface area contributed by atoms with Crippen LogP contribution in [0, 0.1) is 6.92 Å². The number of carbonyl (C=O) groups excluding carboxylic acids is 1. The number of hydrogen-bond donors (Lipinski definition) is 1. The number of carbonyl (C=O) groups is 1. The number of anilines is 1. The molecular weight excluding hydrogens is 290 g/mol. The van der Waals surface area contributed by atoms with E-state index in [1.807, 2.05) is 42.8 Å². The van der Waals surface area contributed by atoms with E-state index in [9.17, 15) is 4.79 Å². The Morgan fingerprint density at radius 2 is 2.04 bits per heavy atom. The summed E-state index contributed by atoms with van der Waals surface area (Å²) in [7, 11) is 0. The molecule has 0 atom stereocenters. The van der Waals surface area contributed by atoms with Crippen molar-refractivity contribution in [3.8, 4) is 5.69 Å². The van der Waals surface area contributed by atoms with Gasteiger partial charge >= 0.3 is 0 Å². The number of benzene rings is 1. The summed E-state index contributed by atoms with van der Waals surface area (Å²) < 4.78 is 1.86.